The third-order valence-corrected chi connectivity index (χ3v) is 5.32. The van der Waals surface area contributed by atoms with Crippen LogP contribution < -0.4 is 4.74 Å². The Balaban J connectivity index is 1.71. The fourth-order valence-corrected chi connectivity index (χ4v) is 3.66. The average molecular weight is 354 g/mol. The molecule has 1 saturated carbocycles. The molecule has 0 bridgehead atoms. The van der Waals surface area contributed by atoms with E-state index in [4.69, 9.17) is 10.00 Å². The summed E-state index contributed by atoms with van der Waals surface area (Å²) in [7, 11) is 0. The normalized spacial score (nSPS) is 20.0. The molecule has 0 amide bonds. The molecule has 140 valence electrons. The van der Waals surface area contributed by atoms with Gasteiger partial charge in [-0.1, -0.05) is 38.0 Å². The maximum atomic E-state index is 12.4. The molecule has 1 fully saturated rings. The number of nitriles is 1. The third-order valence-electron chi connectivity index (χ3n) is 5.32. The van der Waals surface area contributed by atoms with E-state index in [-0.39, 0.29) is 11.9 Å². The van der Waals surface area contributed by atoms with Crippen molar-refractivity contribution in [2.75, 3.05) is 0 Å². The van der Waals surface area contributed by atoms with E-state index in [1.807, 2.05) is 24.3 Å². The molecule has 1 aromatic carbocycles. The maximum Gasteiger partial charge on any atom is 0.314 e. The number of hydrogen-bond acceptors (Lipinski definition) is 3. The lowest BCUT2D eigenvalue weighted by atomic mass is 9.80. The van der Waals surface area contributed by atoms with Crippen molar-refractivity contribution >= 4 is 5.97 Å². The Morgan fingerprint density at radius 1 is 1.19 bits per heavy atom. The fourth-order valence-electron chi connectivity index (χ4n) is 3.66. The summed E-state index contributed by atoms with van der Waals surface area (Å²) in [5, 5.41) is 8.50. The van der Waals surface area contributed by atoms with Crippen molar-refractivity contribution in [2.45, 2.75) is 71.1 Å². The number of benzene rings is 1. The number of carbonyl (C=O) groups excluding carboxylic acids is 1. The number of unbranched alkanes of at least 4 members (excludes halogenated alkanes) is 2. The molecule has 0 aromatic heterocycles. The summed E-state index contributed by atoms with van der Waals surface area (Å²) in [5.41, 5.74) is 1.31. The minimum absolute atomic E-state index is 0.0325. The van der Waals surface area contributed by atoms with Gasteiger partial charge in [0.25, 0.3) is 0 Å². The number of esters is 1. The number of aryl methyl sites for hydroxylation is 1. The van der Waals surface area contributed by atoms with E-state index in [1.54, 1.807) is 6.08 Å². The topological polar surface area (TPSA) is 50.1 Å². The molecule has 1 aliphatic carbocycles. The van der Waals surface area contributed by atoms with E-state index in [1.165, 1.54) is 24.8 Å². The summed E-state index contributed by atoms with van der Waals surface area (Å²) in [4.78, 5) is 12.4. The van der Waals surface area contributed by atoms with Crippen molar-refractivity contribution in [3.63, 3.8) is 0 Å². The molecule has 26 heavy (non-hydrogen) atoms. The smallest absolute Gasteiger partial charge is 0.314 e. The standard InChI is InChI=1S/C23H31NO2/c1-2-3-5-8-20-12-16-22(17-13-20)26-23(25)21-14-10-19(11-15-21)9-6-4-7-18-24/h4,7,12-13,16-17,19,21H,2-3,5-6,8-11,14-15H2,1H3. The predicted octanol–water partition coefficient (Wildman–Crippen LogP) is 5.99. The second kappa shape index (κ2) is 11.5. The van der Waals surface area contributed by atoms with Crippen molar-refractivity contribution in [3.8, 4) is 11.8 Å². The van der Waals surface area contributed by atoms with Gasteiger partial charge in [0.1, 0.15) is 5.75 Å². The zero-order chi connectivity index (χ0) is 18.6. The molecular formula is C23H31NO2. The van der Waals surface area contributed by atoms with E-state index < -0.39 is 0 Å². The Kier molecular flexibility index (Phi) is 8.96. The summed E-state index contributed by atoms with van der Waals surface area (Å²) in [6, 6.07) is 10.0. The maximum absolute atomic E-state index is 12.4. The number of ether oxygens (including phenoxy) is 1. The predicted molar refractivity (Wildman–Crippen MR) is 105 cm³/mol. The van der Waals surface area contributed by atoms with Gasteiger partial charge in [0.15, 0.2) is 0 Å². The highest BCUT2D eigenvalue weighted by Gasteiger charge is 2.27. The molecule has 0 saturated heterocycles. The number of allylic oxidation sites excluding steroid dienone is 2. The van der Waals surface area contributed by atoms with Crippen LogP contribution in [-0.2, 0) is 11.2 Å². The van der Waals surface area contributed by atoms with E-state index in [9.17, 15) is 4.79 Å². The van der Waals surface area contributed by atoms with Crippen molar-refractivity contribution in [1.82, 2.24) is 0 Å². The highest BCUT2D eigenvalue weighted by Crippen LogP contribution is 2.32. The number of carbonyl (C=O) groups is 1. The van der Waals surface area contributed by atoms with Gasteiger partial charge in [-0.25, -0.2) is 0 Å². The van der Waals surface area contributed by atoms with Gasteiger partial charge >= 0.3 is 5.97 Å². The Bertz CT molecular complexity index is 604. The van der Waals surface area contributed by atoms with E-state index in [0.29, 0.717) is 11.7 Å². The summed E-state index contributed by atoms with van der Waals surface area (Å²) >= 11 is 0. The fraction of sp³-hybridized carbons (Fsp3) is 0.565. The van der Waals surface area contributed by atoms with Crippen LogP contribution >= 0.6 is 0 Å². The SMILES string of the molecule is CCCCCc1ccc(OC(=O)C2CCC(CCC=CC#N)CC2)cc1. The molecule has 0 aliphatic heterocycles. The molecule has 0 radical (unpaired) electrons. The lowest BCUT2D eigenvalue weighted by Crippen LogP contribution is -2.25. The van der Waals surface area contributed by atoms with Gasteiger partial charge in [0, 0.05) is 6.08 Å². The second-order valence-corrected chi connectivity index (χ2v) is 7.35. The number of hydrogen-bond donors (Lipinski definition) is 0. The number of rotatable bonds is 9. The minimum atomic E-state index is -0.0773. The quantitative estimate of drug-likeness (QED) is 0.237. The molecular weight excluding hydrogens is 322 g/mol. The van der Waals surface area contributed by atoms with Crippen LogP contribution in [0.25, 0.3) is 0 Å². The van der Waals surface area contributed by atoms with Gasteiger partial charge < -0.3 is 4.74 Å². The lowest BCUT2D eigenvalue weighted by molar-refractivity contribution is -0.140. The molecule has 3 heteroatoms. The van der Waals surface area contributed by atoms with Crippen molar-refractivity contribution in [3.05, 3.63) is 42.0 Å². The van der Waals surface area contributed by atoms with Crippen molar-refractivity contribution < 1.29 is 9.53 Å². The van der Waals surface area contributed by atoms with Crippen LogP contribution in [0.1, 0.15) is 70.3 Å². The van der Waals surface area contributed by atoms with Gasteiger partial charge in [-0.15, -0.1) is 0 Å². The monoisotopic (exact) mass is 353 g/mol. The molecule has 0 unspecified atom stereocenters. The highest BCUT2D eigenvalue weighted by atomic mass is 16.5. The molecule has 3 nitrogen and oxygen atoms in total. The number of nitrogens with zero attached hydrogens (tertiary/aromatic N) is 1. The first kappa shape index (κ1) is 20.2. The third kappa shape index (κ3) is 7.04. The van der Waals surface area contributed by atoms with Crippen LogP contribution in [0.4, 0.5) is 0 Å². The van der Waals surface area contributed by atoms with Crippen molar-refractivity contribution in [1.29, 1.82) is 5.26 Å². The first-order chi connectivity index (χ1) is 12.7. The van der Waals surface area contributed by atoms with Crippen molar-refractivity contribution in [2.24, 2.45) is 11.8 Å². The second-order valence-electron chi connectivity index (χ2n) is 7.35. The molecule has 0 heterocycles. The summed E-state index contributed by atoms with van der Waals surface area (Å²) in [6.07, 6.45) is 14.3. The van der Waals surface area contributed by atoms with Crippen LogP contribution in [0.15, 0.2) is 36.4 Å². The first-order valence-corrected chi connectivity index (χ1v) is 10.1. The average Bonchev–Trinajstić information content (AvgIpc) is 2.67. The van der Waals surface area contributed by atoms with Gasteiger partial charge in [0.2, 0.25) is 0 Å². The van der Waals surface area contributed by atoms with Gasteiger partial charge in [-0.2, -0.15) is 5.26 Å². The largest absolute Gasteiger partial charge is 0.426 e. The zero-order valence-electron chi connectivity index (χ0n) is 16.0. The van der Waals surface area contributed by atoms with Crippen LogP contribution in [-0.4, -0.2) is 5.97 Å². The van der Waals surface area contributed by atoms with Crippen LogP contribution in [0, 0.1) is 23.2 Å². The molecule has 1 aliphatic rings. The Labute approximate surface area is 158 Å². The van der Waals surface area contributed by atoms with Crippen LogP contribution in [0.3, 0.4) is 0 Å². The molecule has 2 rings (SSSR count). The summed E-state index contributed by atoms with van der Waals surface area (Å²) < 4.78 is 5.60. The Hall–Kier alpha value is -2.08. The van der Waals surface area contributed by atoms with Crippen LogP contribution in [0.2, 0.25) is 0 Å². The van der Waals surface area contributed by atoms with E-state index in [2.05, 4.69) is 19.1 Å². The Morgan fingerprint density at radius 3 is 2.58 bits per heavy atom. The highest BCUT2D eigenvalue weighted by molar-refractivity contribution is 5.75. The molecule has 0 spiro atoms. The first-order valence-electron chi connectivity index (χ1n) is 10.1. The van der Waals surface area contributed by atoms with E-state index >= 15 is 0 Å². The zero-order valence-corrected chi connectivity index (χ0v) is 16.0. The van der Waals surface area contributed by atoms with E-state index in [0.717, 1.165) is 44.9 Å². The molecule has 0 N–H and O–H groups in total. The molecule has 0 atom stereocenters. The summed E-state index contributed by atoms with van der Waals surface area (Å²) in [6.45, 7) is 2.21. The lowest BCUT2D eigenvalue weighted by Gasteiger charge is -2.26. The minimum Gasteiger partial charge on any atom is -0.426 e. The van der Waals surface area contributed by atoms with Gasteiger partial charge in [0.05, 0.1) is 12.0 Å². The van der Waals surface area contributed by atoms with Gasteiger partial charge in [-0.3, -0.25) is 4.79 Å². The van der Waals surface area contributed by atoms with Crippen LogP contribution in [0.5, 0.6) is 5.75 Å². The molecule has 1 aromatic rings. The Morgan fingerprint density at radius 2 is 1.92 bits per heavy atom. The van der Waals surface area contributed by atoms with Gasteiger partial charge in [-0.05, 0) is 75.0 Å². The summed E-state index contributed by atoms with van der Waals surface area (Å²) in [5.74, 6) is 1.29.